The molecule has 1 heterocycles. The summed E-state index contributed by atoms with van der Waals surface area (Å²) in [4.78, 5) is 4.25. The van der Waals surface area contributed by atoms with Crippen LogP contribution in [-0.4, -0.2) is 10.7 Å². The van der Waals surface area contributed by atoms with Crippen molar-refractivity contribution in [2.45, 2.75) is 30.7 Å². The van der Waals surface area contributed by atoms with E-state index in [1.165, 1.54) is 25.0 Å². The van der Waals surface area contributed by atoms with E-state index >= 15 is 0 Å². The second-order valence-electron chi connectivity index (χ2n) is 2.93. The first-order valence-electron chi connectivity index (χ1n) is 4.76. The lowest BCUT2D eigenvalue weighted by Gasteiger charge is -1.99. The lowest BCUT2D eigenvalue weighted by Crippen LogP contribution is -1.82. The molecule has 2 heteroatoms. The number of rotatable bonds is 6. The molecule has 0 aliphatic heterocycles. The van der Waals surface area contributed by atoms with Crippen LogP contribution in [0.4, 0.5) is 0 Å². The molecule has 0 unspecified atom stereocenters. The van der Waals surface area contributed by atoms with Gasteiger partial charge in [-0.15, -0.1) is 11.8 Å². The number of nitrogens with zero attached hydrogens (tertiary/aromatic N) is 1. The first-order chi connectivity index (χ1) is 6.43. The van der Waals surface area contributed by atoms with Crippen LogP contribution in [0.1, 0.15) is 25.7 Å². The van der Waals surface area contributed by atoms with Crippen LogP contribution in [0.15, 0.2) is 29.4 Å². The highest BCUT2D eigenvalue weighted by Gasteiger charge is 1.93. The van der Waals surface area contributed by atoms with Gasteiger partial charge in [0.1, 0.15) is 0 Å². The summed E-state index contributed by atoms with van der Waals surface area (Å²) >= 11 is 1.84. The molecule has 1 rings (SSSR count). The summed E-state index contributed by atoms with van der Waals surface area (Å²) in [5.74, 6) is 1.18. The summed E-state index contributed by atoms with van der Waals surface area (Å²) in [7, 11) is 0. The SMILES string of the molecule is [CH2]CCCCCSc1ccccn1. The van der Waals surface area contributed by atoms with Gasteiger partial charge in [-0.05, 0) is 24.3 Å². The van der Waals surface area contributed by atoms with E-state index < -0.39 is 0 Å². The maximum atomic E-state index is 4.25. The molecule has 0 atom stereocenters. The van der Waals surface area contributed by atoms with E-state index in [4.69, 9.17) is 0 Å². The summed E-state index contributed by atoms with van der Waals surface area (Å²) < 4.78 is 0. The number of pyridine rings is 1. The van der Waals surface area contributed by atoms with Crippen molar-refractivity contribution in [1.29, 1.82) is 0 Å². The van der Waals surface area contributed by atoms with Crippen molar-refractivity contribution in [3.05, 3.63) is 31.3 Å². The minimum absolute atomic E-state index is 1.06. The first kappa shape index (κ1) is 10.6. The van der Waals surface area contributed by atoms with Crippen LogP contribution in [0.5, 0.6) is 0 Å². The fourth-order valence-corrected chi connectivity index (χ4v) is 1.93. The highest BCUT2D eigenvalue weighted by Crippen LogP contribution is 2.16. The number of hydrogen-bond donors (Lipinski definition) is 0. The molecular weight excluding hydrogens is 178 g/mol. The van der Waals surface area contributed by atoms with Crippen molar-refractivity contribution in [1.82, 2.24) is 4.98 Å². The quantitative estimate of drug-likeness (QED) is 0.507. The molecule has 0 amide bonds. The molecular formula is C11H16NS. The van der Waals surface area contributed by atoms with E-state index in [9.17, 15) is 0 Å². The van der Waals surface area contributed by atoms with E-state index in [1.54, 1.807) is 0 Å². The lowest BCUT2D eigenvalue weighted by atomic mass is 10.2. The van der Waals surface area contributed by atoms with Gasteiger partial charge in [-0.3, -0.25) is 0 Å². The predicted molar refractivity (Wildman–Crippen MR) is 58.8 cm³/mol. The normalized spacial score (nSPS) is 10.2. The highest BCUT2D eigenvalue weighted by molar-refractivity contribution is 7.99. The molecule has 0 N–H and O–H groups in total. The molecule has 0 fully saturated rings. The van der Waals surface area contributed by atoms with E-state index in [1.807, 2.05) is 30.1 Å². The van der Waals surface area contributed by atoms with Crippen LogP contribution in [0.25, 0.3) is 0 Å². The number of unbranched alkanes of at least 4 members (excludes halogenated alkanes) is 3. The summed E-state index contributed by atoms with van der Waals surface area (Å²) in [6.45, 7) is 3.82. The molecule has 0 bridgehead atoms. The third-order valence-corrected chi connectivity index (χ3v) is 2.81. The summed E-state index contributed by atoms with van der Waals surface area (Å²) in [6.07, 6.45) is 6.73. The van der Waals surface area contributed by atoms with Crippen molar-refractivity contribution in [3.8, 4) is 0 Å². The van der Waals surface area contributed by atoms with E-state index in [-0.39, 0.29) is 0 Å². The topological polar surface area (TPSA) is 12.9 Å². The van der Waals surface area contributed by atoms with Gasteiger partial charge in [0.2, 0.25) is 0 Å². The fraction of sp³-hybridized carbons (Fsp3) is 0.455. The van der Waals surface area contributed by atoms with Crippen LogP contribution in [0.2, 0.25) is 0 Å². The number of aromatic nitrogens is 1. The number of thioether (sulfide) groups is 1. The standard InChI is InChI=1S/C11H16NS/c1-2-3-4-7-10-13-11-8-5-6-9-12-11/h5-6,8-9H,1-4,7,10H2. The molecule has 0 aliphatic rings. The minimum atomic E-state index is 1.06. The van der Waals surface area contributed by atoms with Crippen LogP contribution in [-0.2, 0) is 0 Å². The molecule has 1 aromatic rings. The number of hydrogen-bond acceptors (Lipinski definition) is 2. The maximum absolute atomic E-state index is 4.25. The summed E-state index contributed by atoms with van der Waals surface area (Å²) in [5.41, 5.74) is 0. The summed E-state index contributed by atoms with van der Waals surface area (Å²) in [5, 5.41) is 1.14. The van der Waals surface area contributed by atoms with Gasteiger partial charge in [0.25, 0.3) is 0 Å². The Morgan fingerprint density at radius 1 is 1.23 bits per heavy atom. The van der Waals surface area contributed by atoms with E-state index in [2.05, 4.69) is 18.0 Å². The zero-order valence-electron chi connectivity index (χ0n) is 7.91. The zero-order valence-corrected chi connectivity index (χ0v) is 8.72. The molecule has 0 aliphatic carbocycles. The monoisotopic (exact) mass is 194 g/mol. The third-order valence-electron chi connectivity index (χ3n) is 1.78. The van der Waals surface area contributed by atoms with Gasteiger partial charge in [0.05, 0.1) is 5.03 Å². The second kappa shape index (κ2) is 6.96. The van der Waals surface area contributed by atoms with Gasteiger partial charge in [-0.2, -0.15) is 0 Å². The van der Waals surface area contributed by atoms with Crippen molar-refractivity contribution in [3.63, 3.8) is 0 Å². The highest BCUT2D eigenvalue weighted by atomic mass is 32.2. The Morgan fingerprint density at radius 3 is 2.85 bits per heavy atom. The molecule has 1 aromatic heterocycles. The molecule has 1 radical (unpaired) electrons. The van der Waals surface area contributed by atoms with E-state index in [0.717, 1.165) is 11.4 Å². The molecule has 13 heavy (non-hydrogen) atoms. The average molecular weight is 194 g/mol. The van der Waals surface area contributed by atoms with Crippen molar-refractivity contribution < 1.29 is 0 Å². The van der Waals surface area contributed by atoms with E-state index in [0.29, 0.717) is 0 Å². The van der Waals surface area contributed by atoms with Gasteiger partial charge in [-0.1, -0.05) is 32.3 Å². The van der Waals surface area contributed by atoms with Crippen molar-refractivity contribution in [2.75, 3.05) is 5.75 Å². The zero-order chi connectivity index (χ0) is 9.36. The van der Waals surface area contributed by atoms with Gasteiger partial charge in [0.15, 0.2) is 0 Å². The Balaban J connectivity index is 2.07. The molecule has 71 valence electrons. The van der Waals surface area contributed by atoms with Crippen LogP contribution >= 0.6 is 11.8 Å². The third kappa shape index (κ3) is 4.94. The molecule has 0 saturated carbocycles. The van der Waals surface area contributed by atoms with Gasteiger partial charge in [-0.25, -0.2) is 4.98 Å². The fourth-order valence-electron chi connectivity index (χ4n) is 1.06. The minimum Gasteiger partial charge on any atom is -0.250 e. The molecule has 0 aromatic carbocycles. The molecule has 1 nitrogen and oxygen atoms in total. The predicted octanol–water partition coefficient (Wildman–Crippen LogP) is 3.57. The van der Waals surface area contributed by atoms with Crippen LogP contribution in [0, 0.1) is 6.92 Å². The Labute approximate surface area is 85.0 Å². The van der Waals surface area contributed by atoms with Crippen LogP contribution in [0.3, 0.4) is 0 Å². The van der Waals surface area contributed by atoms with Gasteiger partial charge < -0.3 is 0 Å². The Bertz CT molecular complexity index is 211. The molecule has 0 spiro atoms. The second-order valence-corrected chi connectivity index (χ2v) is 4.05. The summed E-state index contributed by atoms with van der Waals surface area (Å²) in [6, 6.07) is 6.05. The van der Waals surface area contributed by atoms with Crippen LogP contribution < -0.4 is 0 Å². The first-order valence-corrected chi connectivity index (χ1v) is 5.75. The van der Waals surface area contributed by atoms with Crippen molar-refractivity contribution >= 4 is 11.8 Å². The van der Waals surface area contributed by atoms with Gasteiger partial charge >= 0.3 is 0 Å². The van der Waals surface area contributed by atoms with Gasteiger partial charge in [0, 0.05) is 6.20 Å². The smallest absolute Gasteiger partial charge is 0.0959 e. The maximum Gasteiger partial charge on any atom is 0.0959 e. The Hall–Kier alpha value is -0.500. The van der Waals surface area contributed by atoms with Crippen molar-refractivity contribution in [2.24, 2.45) is 0 Å². The Kier molecular flexibility index (Phi) is 5.66. The molecule has 0 saturated heterocycles. The average Bonchev–Trinajstić information content (AvgIpc) is 2.19. The lowest BCUT2D eigenvalue weighted by molar-refractivity contribution is 0.733. The largest absolute Gasteiger partial charge is 0.250 e. The Morgan fingerprint density at radius 2 is 2.15 bits per heavy atom.